The summed E-state index contributed by atoms with van der Waals surface area (Å²) >= 11 is 0. The maximum Gasteiger partial charge on any atom is 0.0497 e. The minimum Gasteiger partial charge on any atom is -0.381 e. The van der Waals surface area contributed by atoms with Crippen LogP contribution in [0.15, 0.2) is 0 Å². The Bertz CT molecular complexity index is 179. The molecule has 0 amide bonds. The van der Waals surface area contributed by atoms with Crippen LogP contribution in [-0.2, 0) is 4.74 Å². The maximum absolute atomic E-state index is 5.60. The van der Waals surface area contributed by atoms with Crippen LogP contribution in [0.25, 0.3) is 0 Å². The van der Waals surface area contributed by atoms with Gasteiger partial charge in [-0.05, 0) is 51.0 Å². The Hall–Kier alpha value is -0.0800. The molecule has 2 aliphatic rings. The SMILES string of the molecule is CCOCC1CCCCC1CNC1CC1. The molecule has 2 heteroatoms. The molecule has 2 fully saturated rings. The molecule has 2 aliphatic carbocycles. The highest BCUT2D eigenvalue weighted by Gasteiger charge is 2.27. The molecule has 2 nitrogen and oxygen atoms in total. The lowest BCUT2D eigenvalue weighted by molar-refractivity contribution is 0.0660. The fourth-order valence-corrected chi connectivity index (χ4v) is 2.65. The van der Waals surface area contributed by atoms with E-state index < -0.39 is 0 Å². The van der Waals surface area contributed by atoms with E-state index in [4.69, 9.17) is 4.74 Å². The van der Waals surface area contributed by atoms with Crippen LogP contribution in [0.2, 0.25) is 0 Å². The van der Waals surface area contributed by atoms with Crippen molar-refractivity contribution >= 4 is 0 Å². The van der Waals surface area contributed by atoms with E-state index in [1.54, 1.807) is 0 Å². The zero-order valence-corrected chi connectivity index (χ0v) is 10.0. The number of hydrogen-bond donors (Lipinski definition) is 1. The van der Waals surface area contributed by atoms with E-state index in [1.807, 2.05) is 0 Å². The predicted octanol–water partition coefficient (Wildman–Crippen LogP) is 2.58. The van der Waals surface area contributed by atoms with Crippen LogP contribution in [0.5, 0.6) is 0 Å². The van der Waals surface area contributed by atoms with Gasteiger partial charge in [-0.2, -0.15) is 0 Å². The van der Waals surface area contributed by atoms with Gasteiger partial charge >= 0.3 is 0 Å². The molecular weight excluding hydrogens is 186 g/mol. The second-order valence-corrected chi connectivity index (χ2v) is 5.15. The summed E-state index contributed by atoms with van der Waals surface area (Å²) in [4.78, 5) is 0. The predicted molar refractivity (Wildman–Crippen MR) is 63.0 cm³/mol. The first kappa shape index (κ1) is 11.4. The zero-order chi connectivity index (χ0) is 10.5. The highest BCUT2D eigenvalue weighted by atomic mass is 16.5. The van der Waals surface area contributed by atoms with Crippen LogP contribution < -0.4 is 5.32 Å². The molecule has 0 bridgehead atoms. The van der Waals surface area contributed by atoms with Crippen LogP contribution in [0.1, 0.15) is 45.4 Å². The average molecular weight is 211 g/mol. The van der Waals surface area contributed by atoms with Crippen molar-refractivity contribution in [3.8, 4) is 0 Å². The second kappa shape index (κ2) is 5.86. The smallest absolute Gasteiger partial charge is 0.0497 e. The Morgan fingerprint density at radius 1 is 1.07 bits per heavy atom. The highest BCUT2D eigenvalue weighted by molar-refractivity contribution is 4.84. The molecule has 0 aromatic carbocycles. The first-order chi connectivity index (χ1) is 7.40. The third-order valence-electron chi connectivity index (χ3n) is 3.85. The molecule has 0 aromatic rings. The van der Waals surface area contributed by atoms with Gasteiger partial charge in [-0.3, -0.25) is 0 Å². The molecule has 0 spiro atoms. The highest BCUT2D eigenvalue weighted by Crippen LogP contribution is 2.30. The molecule has 0 radical (unpaired) electrons. The Balaban J connectivity index is 1.70. The van der Waals surface area contributed by atoms with Crippen molar-refractivity contribution in [2.45, 2.75) is 51.5 Å². The summed E-state index contributed by atoms with van der Waals surface area (Å²) in [6.07, 6.45) is 8.46. The Morgan fingerprint density at radius 3 is 2.47 bits per heavy atom. The summed E-state index contributed by atoms with van der Waals surface area (Å²) in [6, 6.07) is 0.861. The van der Waals surface area contributed by atoms with E-state index in [9.17, 15) is 0 Å². The molecular formula is C13H25NO. The largest absolute Gasteiger partial charge is 0.381 e. The minimum atomic E-state index is 0.824. The first-order valence-electron chi connectivity index (χ1n) is 6.71. The van der Waals surface area contributed by atoms with Gasteiger partial charge in [-0.15, -0.1) is 0 Å². The van der Waals surface area contributed by atoms with E-state index in [0.717, 1.165) is 31.1 Å². The molecule has 15 heavy (non-hydrogen) atoms. The van der Waals surface area contributed by atoms with Crippen molar-refractivity contribution < 1.29 is 4.74 Å². The van der Waals surface area contributed by atoms with Gasteiger partial charge in [0.05, 0.1) is 0 Å². The topological polar surface area (TPSA) is 21.3 Å². The lowest BCUT2D eigenvalue weighted by Gasteiger charge is -2.31. The fourth-order valence-electron chi connectivity index (χ4n) is 2.65. The number of ether oxygens (including phenoxy) is 1. The number of rotatable bonds is 6. The van der Waals surface area contributed by atoms with Crippen molar-refractivity contribution in [3.63, 3.8) is 0 Å². The van der Waals surface area contributed by atoms with Gasteiger partial charge in [0.25, 0.3) is 0 Å². The van der Waals surface area contributed by atoms with Crippen LogP contribution >= 0.6 is 0 Å². The number of hydrogen-bond acceptors (Lipinski definition) is 2. The summed E-state index contributed by atoms with van der Waals surface area (Å²) in [7, 11) is 0. The molecule has 88 valence electrons. The molecule has 2 rings (SSSR count). The maximum atomic E-state index is 5.60. The first-order valence-corrected chi connectivity index (χ1v) is 6.71. The third-order valence-corrected chi connectivity index (χ3v) is 3.85. The Kier molecular flexibility index (Phi) is 4.45. The monoisotopic (exact) mass is 211 g/mol. The molecule has 0 aromatic heterocycles. The van der Waals surface area contributed by atoms with Crippen molar-refractivity contribution in [3.05, 3.63) is 0 Å². The summed E-state index contributed by atoms with van der Waals surface area (Å²) < 4.78 is 5.60. The van der Waals surface area contributed by atoms with Crippen LogP contribution in [0, 0.1) is 11.8 Å². The molecule has 0 aliphatic heterocycles. The Morgan fingerprint density at radius 2 is 1.80 bits per heavy atom. The van der Waals surface area contributed by atoms with Gasteiger partial charge in [-0.1, -0.05) is 12.8 Å². The van der Waals surface area contributed by atoms with Crippen molar-refractivity contribution in [2.75, 3.05) is 19.8 Å². The van der Waals surface area contributed by atoms with Gasteiger partial charge in [0, 0.05) is 19.3 Å². The van der Waals surface area contributed by atoms with Crippen LogP contribution in [0.3, 0.4) is 0 Å². The molecule has 1 N–H and O–H groups in total. The zero-order valence-electron chi connectivity index (χ0n) is 10.0. The standard InChI is InChI=1S/C13H25NO/c1-2-15-10-12-6-4-3-5-11(12)9-14-13-7-8-13/h11-14H,2-10H2,1H3. The van der Waals surface area contributed by atoms with E-state index in [2.05, 4.69) is 12.2 Å². The van der Waals surface area contributed by atoms with E-state index in [0.29, 0.717) is 0 Å². The summed E-state index contributed by atoms with van der Waals surface area (Å²) in [6.45, 7) is 5.20. The van der Waals surface area contributed by atoms with Crippen LogP contribution in [-0.4, -0.2) is 25.8 Å². The van der Waals surface area contributed by atoms with Gasteiger partial charge in [0.15, 0.2) is 0 Å². The van der Waals surface area contributed by atoms with Crippen molar-refractivity contribution in [1.82, 2.24) is 5.32 Å². The van der Waals surface area contributed by atoms with E-state index in [-0.39, 0.29) is 0 Å². The fraction of sp³-hybridized carbons (Fsp3) is 1.00. The van der Waals surface area contributed by atoms with Gasteiger partial charge in [0.2, 0.25) is 0 Å². The van der Waals surface area contributed by atoms with Crippen LogP contribution in [0.4, 0.5) is 0 Å². The van der Waals surface area contributed by atoms with Crippen molar-refractivity contribution in [2.24, 2.45) is 11.8 Å². The van der Waals surface area contributed by atoms with Gasteiger partial charge in [-0.25, -0.2) is 0 Å². The Labute approximate surface area is 93.8 Å². The summed E-state index contributed by atoms with van der Waals surface area (Å²) in [5, 5.41) is 3.68. The second-order valence-electron chi connectivity index (χ2n) is 5.15. The average Bonchev–Trinajstić information content (AvgIpc) is 3.08. The lowest BCUT2D eigenvalue weighted by atomic mass is 9.79. The normalized spacial score (nSPS) is 31.8. The van der Waals surface area contributed by atoms with E-state index in [1.165, 1.54) is 45.1 Å². The lowest BCUT2D eigenvalue weighted by Crippen LogP contribution is -2.33. The van der Waals surface area contributed by atoms with Crippen molar-refractivity contribution in [1.29, 1.82) is 0 Å². The molecule has 0 heterocycles. The molecule has 2 saturated carbocycles. The molecule has 2 unspecified atom stereocenters. The number of nitrogens with one attached hydrogen (secondary N) is 1. The summed E-state index contributed by atoms with van der Waals surface area (Å²) in [5.74, 6) is 1.70. The molecule has 2 atom stereocenters. The quantitative estimate of drug-likeness (QED) is 0.729. The van der Waals surface area contributed by atoms with Gasteiger partial charge in [0.1, 0.15) is 0 Å². The third kappa shape index (κ3) is 3.76. The molecule has 0 saturated heterocycles. The summed E-state index contributed by atoms with van der Waals surface area (Å²) in [5.41, 5.74) is 0. The van der Waals surface area contributed by atoms with E-state index >= 15 is 0 Å². The van der Waals surface area contributed by atoms with Gasteiger partial charge < -0.3 is 10.1 Å². The minimum absolute atomic E-state index is 0.824.